The second-order valence-electron chi connectivity index (χ2n) is 6.40. The van der Waals surface area contributed by atoms with Crippen LogP contribution in [0.15, 0.2) is 17.5 Å². The first-order chi connectivity index (χ1) is 10.7. The summed E-state index contributed by atoms with van der Waals surface area (Å²) < 4.78 is 0. The van der Waals surface area contributed by atoms with Gasteiger partial charge < -0.3 is 15.5 Å². The minimum absolute atomic E-state index is 0.000885. The number of hydrogen-bond donors (Lipinski definition) is 3. The van der Waals surface area contributed by atoms with Gasteiger partial charge in [-0.1, -0.05) is 13.3 Å². The van der Waals surface area contributed by atoms with Crippen molar-refractivity contribution in [3.8, 4) is 11.5 Å². The fourth-order valence-corrected chi connectivity index (χ4v) is 5.30. The Morgan fingerprint density at radius 2 is 2.09 bits per heavy atom. The van der Waals surface area contributed by atoms with Gasteiger partial charge in [0.15, 0.2) is 11.5 Å². The molecule has 0 unspecified atom stereocenters. The summed E-state index contributed by atoms with van der Waals surface area (Å²) in [4.78, 5) is 1.46. The molecular weight excluding hydrogens is 294 g/mol. The molecule has 0 saturated carbocycles. The van der Waals surface area contributed by atoms with Crippen LogP contribution >= 0.6 is 11.3 Å². The Balaban J connectivity index is 1.84. The van der Waals surface area contributed by atoms with Crippen molar-refractivity contribution in [2.75, 3.05) is 0 Å². The van der Waals surface area contributed by atoms with Crippen LogP contribution in [0.2, 0.25) is 0 Å². The van der Waals surface area contributed by atoms with E-state index in [2.05, 4.69) is 17.6 Å². The topological polar surface area (TPSA) is 52.5 Å². The number of benzene rings is 1. The van der Waals surface area contributed by atoms with Crippen LogP contribution in [0.3, 0.4) is 0 Å². The van der Waals surface area contributed by atoms with Gasteiger partial charge in [0.1, 0.15) is 0 Å². The van der Waals surface area contributed by atoms with Gasteiger partial charge in [-0.2, -0.15) is 0 Å². The van der Waals surface area contributed by atoms with Crippen LogP contribution < -0.4 is 5.32 Å². The van der Waals surface area contributed by atoms with Crippen molar-refractivity contribution in [1.29, 1.82) is 0 Å². The van der Waals surface area contributed by atoms with Crippen LogP contribution in [-0.4, -0.2) is 16.3 Å². The molecule has 2 aromatic rings. The smallest absolute Gasteiger partial charge is 0.157 e. The SMILES string of the molecule is CCCc1csc2c1CN[C@H]1CCc3cc(O)c(O)cc3[C@H]21. The summed E-state index contributed by atoms with van der Waals surface area (Å²) in [5.41, 5.74) is 5.30. The lowest BCUT2D eigenvalue weighted by Crippen LogP contribution is -2.42. The van der Waals surface area contributed by atoms with E-state index in [0.29, 0.717) is 12.0 Å². The number of thiophene rings is 1. The number of nitrogens with one attached hydrogen (secondary N) is 1. The van der Waals surface area contributed by atoms with E-state index < -0.39 is 0 Å². The van der Waals surface area contributed by atoms with Gasteiger partial charge in [-0.15, -0.1) is 11.3 Å². The van der Waals surface area contributed by atoms with E-state index >= 15 is 0 Å². The maximum atomic E-state index is 9.94. The highest BCUT2D eigenvalue weighted by Gasteiger charge is 2.37. The molecule has 1 aliphatic carbocycles. The number of aromatic hydroxyl groups is 2. The number of rotatable bonds is 2. The predicted molar refractivity (Wildman–Crippen MR) is 88.9 cm³/mol. The molecular formula is C18H21NO2S. The van der Waals surface area contributed by atoms with E-state index in [1.165, 1.54) is 33.6 Å². The molecule has 1 aromatic carbocycles. The second-order valence-corrected chi connectivity index (χ2v) is 7.31. The van der Waals surface area contributed by atoms with Crippen LogP contribution in [0.25, 0.3) is 0 Å². The Labute approximate surface area is 134 Å². The third-order valence-corrected chi connectivity index (χ3v) is 6.21. The summed E-state index contributed by atoms with van der Waals surface area (Å²) in [5, 5.41) is 25.7. The van der Waals surface area contributed by atoms with Crippen molar-refractivity contribution in [3.63, 3.8) is 0 Å². The number of phenolic OH excluding ortho intramolecular Hbond substituents is 2. The lowest BCUT2D eigenvalue weighted by atomic mass is 9.75. The molecule has 1 aliphatic heterocycles. The van der Waals surface area contributed by atoms with Crippen molar-refractivity contribution in [2.24, 2.45) is 0 Å². The fraction of sp³-hybridized carbons (Fsp3) is 0.444. The molecule has 22 heavy (non-hydrogen) atoms. The van der Waals surface area contributed by atoms with Crippen LogP contribution in [0.1, 0.15) is 52.8 Å². The number of hydrogen-bond acceptors (Lipinski definition) is 4. The van der Waals surface area contributed by atoms with E-state index in [-0.39, 0.29) is 11.5 Å². The fourth-order valence-electron chi connectivity index (χ4n) is 3.99. The molecule has 2 aliphatic rings. The Hall–Kier alpha value is -1.52. The largest absolute Gasteiger partial charge is 0.504 e. The van der Waals surface area contributed by atoms with Gasteiger partial charge >= 0.3 is 0 Å². The van der Waals surface area contributed by atoms with Crippen molar-refractivity contribution < 1.29 is 10.2 Å². The molecule has 0 bridgehead atoms. The number of fused-ring (bicyclic) bond motifs is 5. The first-order valence-electron chi connectivity index (χ1n) is 8.06. The number of aryl methyl sites for hydroxylation is 2. The molecule has 0 radical (unpaired) electrons. The van der Waals surface area contributed by atoms with Gasteiger partial charge in [0.25, 0.3) is 0 Å². The lowest BCUT2D eigenvalue weighted by Gasteiger charge is -2.38. The normalized spacial score (nSPS) is 22.8. The van der Waals surface area contributed by atoms with Crippen LogP contribution in [-0.2, 0) is 19.4 Å². The van der Waals surface area contributed by atoms with Gasteiger partial charge in [-0.25, -0.2) is 0 Å². The second kappa shape index (κ2) is 5.28. The molecule has 4 heteroatoms. The Morgan fingerprint density at radius 3 is 2.91 bits per heavy atom. The predicted octanol–water partition coefficient (Wildman–Crippen LogP) is 3.66. The van der Waals surface area contributed by atoms with E-state index in [0.717, 1.165) is 25.8 Å². The molecule has 3 N–H and O–H groups in total. The highest BCUT2D eigenvalue weighted by Crippen LogP contribution is 2.46. The minimum Gasteiger partial charge on any atom is -0.504 e. The summed E-state index contributed by atoms with van der Waals surface area (Å²) in [6, 6.07) is 3.96. The van der Waals surface area contributed by atoms with Crippen molar-refractivity contribution in [3.05, 3.63) is 44.6 Å². The molecule has 0 saturated heterocycles. The third-order valence-electron chi connectivity index (χ3n) is 5.05. The summed E-state index contributed by atoms with van der Waals surface area (Å²) in [5.74, 6) is 0.311. The summed E-state index contributed by atoms with van der Waals surface area (Å²) in [6.07, 6.45) is 4.35. The van der Waals surface area contributed by atoms with Gasteiger partial charge in [0.2, 0.25) is 0 Å². The quantitative estimate of drug-likeness (QED) is 0.741. The zero-order valence-electron chi connectivity index (χ0n) is 12.7. The Bertz CT molecular complexity index is 722. The Kier molecular flexibility index (Phi) is 3.39. The summed E-state index contributed by atoms with van der Waals surface area (Å²) in [7, 11) is 0. The van der Waals surface area contributed by atoms with Crippen molar-refractivity contribution in [2.45, 2.75) is 51.1 Å². The van der Waals surface area contributed by atoms with Crippen LogP contribution in [0.5, 0.6) is 11.5 Å². The standard InChI is InChI=1S/C18H21NO2S/c1-2-3-11-9-22-18-13(11)8-19-14-5-4-10-6-15(20)16(21)7-12(10)17(14)18/h6-7,9,14,17,19-21H,2-5,8H2,1H3/t14-,17-/m0/s1. The molecule has 1 aromatic heterocycles. The molecule has 0 fully saturated rings. The highest BCUT2D eigenvalue weighted by molar-refractivity contribution is 7.10. The van der Waals surface area contributed by atoms with Gasteiger partial charge in [-0.05, 0) is 59.0 Å². The first-order valence-corrected chi connectivity index (χ1v) is 8.94. The van der Waals surface area contributed by atoms with E-state index in [1.807, 2.05) is 11.3 Å². The molecule has 0 amide bonds. The molecule has 3 nitrogen and oxygen atoms in total. The van der Waals surface area contributed by atoms with E-state index in [9.17, 15) is 10.2 Å². The maximum Gasteiger partial charge on any atom is 0.157 e. The van der Waals surface area contributed by atoms with E-state index in [1.54, 1.807) is 12.1 Å². The maximum absolute atomic E-state index is 9.94. The molecule has 0 spiro atoms. The molecule has 4 rings (SSSR count). The molecule has 2 atom stereocenters. The average Bonchev–Trinajstić information content (AvgIpc) is 2.92. The zero-order chi connectivity index (χ0) is 15.3. The van der Waals surface area contributed by atoms with Crippen LogP contribution in [0.4, 0.5) is 0 Å². The van der Waals surface area contributed by atoms with Crippen molar-refractivity contribution >= 4 is 11.3 Å². The third kappa shape index (κ3) is 2.05. The number of phenols is 2. The van der Waals surface area contributed by atoms with Gasteiger partial charge in [0, 0.05) is 23.4 Å². The molecule has 116 valence electrons. The summed E-state index contributed by atoms with van der Waals surface area (Å²) >= 11 is 1.87. The highest BCUT2D eigenvalue weighted by atomic mass is 32.1. The minimum atomic E-state index is -0.00291. The molecule has 2 heterocycles. The summed E-state index contributed by atoms with van der Waals surface area (Å²) in [6.45, 7) is 3.19. The average molecular weight is 315 g/mol. The Morgan fingerprint density at radius 1 is 1.27 bits per heavy atom. The van der Waals surface area contributed by atoms with Gasteiger partial charge in [-0.3, -0.25) is 0 Å². The zero-order valence-corrected chi connectivity index (χ0v) is 13.5. The van der Waals surface area contributed by atoms with Crippen LogP contribution in [0, 0.1) is 0 Å². The van der Waals surface area contributed by atoms with Crippen molar-refractivity contribution in [1.82, 2.24) is 5.32 Å². The van der Waals surface area contributed by atoms with Gasteiger partial charge in [0.05, 0.1) is 0 Å². The van der Waals surface area contributed by atoms with E-state index in [4.69, 9.17) is 0 Å². The first kappa shape index (κ1) is 14.1. The lowest BCUT2D eigenvalue weighted by molar-refractivity contribution is 0.382. The monoisotopic (exact) mass is 315 g/mol.